The van der Waals surface area contributed by atoms with Gasteiger partial charge in [0.25, 0.3) is 5.56 Å². The molecular formula is C25H18BrNO3S. The van der Waals surface area contributed by atoms with E-state index in [9.17, 15) is 14.7 Å². The Labute approximate surface area is 191 Å². The predicted molar refractivity (Wildman–Crippen MR) is 128 cm³/mol. The molecule has 3 aromatic carbocycles. The number of carboxylic acids is 1. The van der Waals surface area contributed by atoms with Crippen molar-refractivity contribution >= 4 is 44.4 Å². The maximum Gasteiger partial charge on any atom is 0.327 e. The number of fused-ring (bicyclic) bond motifs is 2. The van der Waals surface area contributed by atoms with Crippen molar-refractivity contribution in [2.24, 2.45) is 0 Å². The van der Waals surface area contributed by atoms with Crippen LogP contribution in [0.25, 0.3) is 21.9 Å². The zero-order valence-corrected chi connectivity index (χ0v) is 18.8. The van der Waals surface area contributed by atoms with Crippen LogP contribution in [0.4, 0.5) is 0 Å². The number of benzene rings is 3. The Morgan fingerprint density at radius 3 is 2.55 bits per heavy atom. The molecule has 0 radical (unpaired) electrons. The van der Waals surface area contributed by atoms with Gasteiger partial charge in [0, 0.05) is 21.9 Å². The average Bonchev–Trinajstić information content (AvgIpc) is 3.21. The summed E-state index contributed by atoms with van der Waals surface area (Å²) in [5, 5.41) is 12.7. The smallest absolute Gasteiger partial charge is 0.327 e. The minimum absolute atomic E-state index is 0.261. The van der Waals surface area contributed by atoms with Gasteiger partial charge in [-0.1, -0.05) is 70.5 Å². The van der Waals surface area contributed by atoms with Crippen molar-refractivity contribution in [3.8, 4) is 11.1 Å². The number of hydrogen-bond donors (Lipinski definition) is 1. The van der Waals surface area contributed by atoms with Gasteiger partial charge >= 0.3 is 5.97 Å². The fourth-order valence-electron chi connectivity index (χ4n) is 4.22. The number of carboxylic acid groups (broad SMARTS) is 1. The Morgan fingerprint density at radius 1 is 1.03 bits per heavy atom. The lowest BCUT2D eigenvalue weighted by Gasteiger charge is -2.17. The number of halogens is 1. The lowest BCUT2D eigenvalue weighted by atomic mass is 9.93. The van der Waals surface area contributed by atoms with E-state index >= 15 is 0 Å². The number of hydrogen-bond acceptors (Lipinski definition) is 3. The minimum Gasteiger partial charge on any atom is -0.480 e. The first-order chi connectivity index (χ1) is 15.0. The molecule has 0 bridgehead atoms. The van der Waals surface area contributed by atoms with Crippen LogP contribution in [-0.2, 0) is 11.2 Å². The molecule has 31 heavy (non-hydrogen) atoms. The maximum atomic E-state index is 13.0. The number of aromatic nitrogens is 1. The summed E-state index contributed by atoms with van der Waals surface area (Å²) in [6, 6.07) is 23.1. The molecule has 4 nitrogen and oxygen atoms in total. The third-order valence-corrected chi connectivity index (χ3v) is 7.34. The van der Waals surface area contributed by atoms with E-state index in [0.29, 0.717) is 12.2 Å². The molecule has 0 aliphatic carbocycles. The molecule has 0 saturated carbocycles. The van der Waals surface area contributed by atoms with Crippen molar-refractivity contribution in [2.75, 3.05) is 5.75 Å². The summed E-state index contributed by atoms with van der Waals surface area (Å²) in [6.07, 6.45) is 0.591. The van der Waals surface area contributed by atoms with Crippen LogP contribution in [-0.4, -0.2) is 21.4 Å². The summed E-state index contributed by atoms with van der Waals surface area (Å²) >= 11 is 4.92. The maximum absolute atomic E-state index is 13.0. The van der Waals surface area contributed by atoms with E-state index in [4.69, 9.17) is 0 Å². The molecule has 0 spiro atoms. The van der Waals surface area contributed by atoms with E-state index in [1.807, 2.05) is 42.5 Å². The molecular weight excluding hydrogens is 474 g/mol. The Hall–Kier alpha value is -2.83. The lowest BCUT2D eigenvalue weighted by Crippen LogP contribution is -2.29. The summed E-state index contributed by atoms with van der Waals surface area (Å²) in [4.78, 5) is 24.8. The molecule has 0 fully saturated rings. The van der Waals surface area contributed by atoms with Crippen molar-refractivity contribution in [1.29, 1.82) is 0 Å². The van der Waals surface area contributed by atoms with Crippen molar-refractivity contribution in [2.45, 2.75) is 17.5 Å². The minimum atomic E-state index is -0.975. The van der Waals surface area contributed by atoms with Gasteiger partial charge in [-0.15, -0.1) is 11.8 Å². The molecule has 6 heteroatoms. The van der Waals surface area contributed by atoms with Gasteiger partial charge in [-0.3, -0.25) is 9.36 Å². The molecule has 154 valence electrons. The van der Waals surface area contributed by atoms with E-state index in [2.05, 4.69) is 40.2 Å². The topological polar surface area (TPSA) is 59.3 Å². The fourth-order valence-corrected chi connectivity index (χ4v) is 5.84. The van der Waals surface area contributed by atoms with Gasteiger partial charge in [0.05, 0.1) is 5.03 Å². The average molecular weight is 492 g/mol. The van der Waals surface area contributed by atoms with E-state index in [1.54, 1.807) is 6.07 Å². The van der Waals surface area contributed by atoms with Crippen LogP contribution in [0, 0.1) is 0 Å². The van der Waals surface area contributed by atoms with Crippen LogP contribution in [0.1, 0.15) is 17.2 Å². The van der Waals surface area contributed by atoms with Gasteiger partial charge in [0.15, 0.2) is 0 Å². The standard InChI is InChI=1S/C25H18BrNO3S/c26-19-10-8-16(9-11-19)23-18(12-17-6-3-5-15-4-1-2-7-20(15)17)13-22(28)27-21(25(29)30)14-31-24(23)27/h1-11,13,21H,12,14H2,(H,29,30)/t21-/m0/s1. The van der Waals surface area contributed by atoms with Crippen LogP contribution < -0.4 is 5.56 Å². The molecule has 2 heterocycles. The van der Waals surface area contributed by atoms with Gasteiger partial charge < -0.3 is 5.11 Å². The highest BCUT2D eigenvalue weighted by molar-refractivity contribution is 9.10. The van der Waals surface area contributed by atoms with Crippen molar-refractivity contribution in [3.63, 3.8) is 0 Å². The summed E-state index contributed by atoms with van der Waals surface area (Å²) in [7, 11) is 0. The van der Waals surface area contributed by atoms with Gasteiger partial charge in [-0.25, -0.2) is 4.79 Å². The Morgan fingerprint density at radius 2 is 1.77 bits per heavy atom. The number of aliphatic carboxylic acids is 1. The first-order valence-electron chi connectivity index (χ1n) is 9.89. The quantitative estimate of drug-likeness (QED) is 0.394. The van der Waals surface area contributed by atoms with Crippen molar-refractivity contribution < 1.29 is 9.90 Å². The van der Waals surface area contributed by atoms with E-state index in [1.165, 1.54) is 16.3 Å². The first-order valence-corrected chi connectivity index (χ1v) is 11.7. The number of carbonyl (C=O) groups is 1. The van der Waals surface area contributed by atoms with Crippen LogP contribution in [0.15, 0.2) is 87.1 Å². The van der Waals surface area contributed by atoms with Crippen LogP contribution in [0.5, 0.6) is 0 Å². The molecule has 1 aliphatic heterocycles. The second-order valence-corrected chi connectivity index (χ2v) is 9.47. The Bertz CT molecular complexity index is 1370. The zero-order valence-electron chi connectivity index (χ0n) is 16.4. The monoisotopic (exact) mass is 491 g/mol. The number of pyridine rings is 1. The predicted octanol–water partition coefficient (Wildman–Crippen LogP) is 5.75. The largest absolute Gasteiger partial charge is 0.480 e. The Balaban J connectivity index is 1.74. The van der Waals surface area contributed by atoms with Gasteiger partial charge in [0.2, 0.25) is 0 Å². The molecule has 0 amide bonds. The fraction of sp³-hybridized carbons (Fsp3) is 0.120. The molecule has 1 aromatic heterocycles. The molecule has 0 saturated heterocycles. The molecule has 0 unspecified atom stereocenters. The van der Waals surface area contributed by atoms with Crippen LogP contribution >= 0.6 is 27.7 Å². The molecule has 4 aromatic rings. The van der Waals surface area contributed by atoms with E-state index < -0.39 is 12.0 Å². The van der Waals surface area contributed by atoms with Crippen LogP contribution in [0.3, 0.4) is 0 Å². The number of rotatable bonds is 4. The second-order valence-electron chi connectivity index (χ2n) is 7.54. The van der Waals surface area contributed by atoms with E-state index in [-0.39, 0.29) is 5.56 Å². The van der Waals surface area contributed by atoms with Gasteiger partial charge in [-0.2, -0.15) is 0 Å². The summed E-state index contributed by atoms with van der Waals surface area (Å²) < 4.78 is 2.41. The second kappa shape index (κ2) is 8.02. The Kier molecular flexibility index (Phi) is 5.20. The SMILES string of the molecule is O=C(O)[C@@H]1CSc2c(-c3ccc(Br)cc3)c(Cc3cccc4ccccc34)cc(=O)n21. The number of nitrogens with zero attached hydrogens (tertiary/aromatic N) is 1. The lowest BCUT2D eigenvalue weighted by molar-refractivity contribution is -0.140. The van der Waals surface area contributed by atoms with Gasteiger partial charge in [0.1, 0.15) is 6.04 Å². The summed E-state index contributed by atoms with van der Waals surface area (Å²) in [5.41, 5.74) is 3.70. The summed E-state index contributed by atoms with van der Waals surface area (Å²) in [5.74, 6) is -0.622. The zero-order chi connectivity index (χ0) is 21.5. The van der Waals surface area contributed by atoms with Crippen molar-refractivity contribution in [1.82, 2.24) is 4.57 Å². The molecule has 5 rings (SSSR count). The highest BCUT2D eigenvalue weighted by Crippen LogP contribution is 2.41. The third-order valence-electron chi connectivity index (χ3n) is 5.66. The summed E-state index contributed by atoms with van der Waals surface area (Å²) in [6.45, 7) is 0. The molecule has 1 N–H and O–H groups in total. The third kappa shape index (κ3) is 3.60. The van der Waals surface area contributed by atoms with Crippen molar-refractivity contribution in [3.05, 3.63) is 98.7 Å². The normalized spacial score (nSPS) is 15.2. The highest BCUT2D eigenvalue weighted by atomic mass is 79.9. The molecule has 1 aliphatic rings. The first kappa shape index (κ1) is 20.1. The molecule has 1 atom stereocenters. The number of thioether (sulfide) groups is 1. The highest BCUT2D eigenvalue weighted by Gasteiger charge is 2.33. The van der Waals surface area contributed by atoms with Crippen LogP contribution in [0.2, 0.25) is 0 Å². The van der Waals surface area contributed by atoms with Gasteiger partial charge in [-0.05, 0) is 46.0 Å². The van der Waals surface area contributed by atoms with E-state index in [0.717, 1.165) is 42.5 Å².